The predicted octanol–water partition coefficient (Wildman–Crippen LogP) is 2.16. The quantitative estimate of drug-likeness (QED) is 0.929. The fourth-order valence-electron chi connectivity index (χ4n) is 2.04. The van der Waals surface area contributed by atoms with Gasteiger partial charge in [0.25, 0.3) is 0 Å². The minimum atomic E-state index is 0.538. The molecule has 0 bridgehead atoms. The number of benzene rings is 1. The molecule has 19 heavy (non-hydrogen) atoms. The summed E-state index contributed by atoms with van der Waals surface area (Å²) in [5, 5.41) is 7.84. The number of nitrogens with zero attached hydrogens (tertiary/aromatic N) is 2. The average molecular weight is 280 g/mol. The van der Waals surface area contributed by atoms with Gasteiger partial charge in [-0.25, -0.2) is 0 Å². The van der Waals surface area contributed by atoms with Crippen molar-refractivity contribution in [2.24, 2.45) is 5.92 Å². The fourth-order valence-corrected chi connectivity index (χ4v) is 2.20. The van der Waals surface area contributed by atoms with Gasteiger partial charge in [-0.15, -0.1) is 0 Å². The Morgan fingerprint density at radius 2 is 2.32 bits per heavy atom. The van der Waals surface area contributed by atoms with Gasteiger partial charge < -0.3 is 14.6 Å². The lowest BCUT2D eigenvalue weighted by Crippen LogP contribution is -2.43. The summed E-state index contributed by atoms with van der Waals surface area (Å²) in [5.74, 6) is 2.44. The van der Waals surface area contributed by atoms with Gasteiger partial charge in [0.1, 0.15) is 5.75 Å². The first kappa shape index (κ1) is 12.4. The van der Waals surface area contributed by atoms with E-state index in [4.69, 9.17) is 20.9 Å². The number of methoxy groups -OCH3 is 1. The molecule has 0 unspecified atom stereocenters. The third-order valence-electron chi connectivity index (χ3n) is 3.20. The molecule has 1 aliphatic rings. The Morgan fingerprint density at radius 1 is 1.47 bits per heavy atom. The highest BCUT2D eigenvalue weighted by molar-refractivity contribution is 6.30. The number of halogens is 1. The van der Waals surface area contributed by atoms with E-state index in [9.17, 15) is 0 Å². The van der Waals surface area contributed by atoms with E-state index in [1.165, 1.54) is 0 Å². The van der Waals surface area contributed by atoms with Crippen molar-refractivity contribution in [2.45, 2.75) is 6.42 Å². The van der Waals surface area contributed by atoms with Gasteiger partial charge in [0, 0.05) is 11.4 Å². The van der Waals surface area contributed by atoms with Crippen LogP contribution in [-0.4, -0.2) is 30.3 Å². The van der Waals surface area contributed by atoms with E-state index in [1.807, 2.05) is 6.07 Å². The van der Waals surface area contributed by atoms with Crippen molar-refractivity contribution in [3.63, 3.8) is 0 Å². The molecule has 6 heteroatoms. The van der Waals surface area contributed by atoms with Gasteiger partial charge in [0.2, 0.25) is 11.7 Å². The smallest absolute Gasteiger partial charge is 0.227 e. The van der Waals surface area contributed by atoms with Gasteiger partial charge in [-0.1, -0.05) is 16.8 Å². The summed E-state index contributed by atoms with van der Waals surface area (Å²) in [6.45, 7) is 2.03. The second kappa shape index (κ2) is 5.19. The van der Waals surface area contributed by atoms with E-state index in [1.54, 1.807) is 19.2 Å². The van der Waals surface area contributed by atoms with Crippen molar-refractivity contribution in [3.05, 3.63) is 29.1 Å². The molecule has 1 saturated heterocycles. The van der Waals surface area contributed by atoms with E-state index < -0.39 is 0 Å². The molecule has 0 atom stereocenters. The number of ether oxygens (including phenoxy) is 1. The van der Waals surface area contributed by atoms with Gasteiger partial charge in [0.05, 0.1) is 12.7 Å². The van der Waals surface area contributed by atoms with E-state index in [0.29, 0.717) is 28.4 Å². The summed E-state index contributed by atoms with van der Waals surface area (Å²) in [7, 11) is 1.59. The summed E-state index contributed by atoms with van der Waals surface area (Å²) in [5.41, 5.74) is 0.786. The highest BCUT2D eigenvalue weighted by atomic mass is 35.5. The third kappa shape index (κ3) is 2.57. The Balaban J connectivity index is 1.85. The van der Waals surface area contributed by atoms with Gasteiger partial charge in [-0.2, -0.15) is 4.98 Å². The van der Waals surface area contributed by atoms with Crippen LogP contribution in [0.2, 0.25) is 5.02 Å². The molecule has 5 nitrogen and oxygen atoms in total. The number of hydrogen-bond donors (Lipinski definition) is 1. The molecule has 0 aliphatic carbocycles. The average Bonchev–Trinajstić information content (AvgIpc) is 2.82. The zero-order valence-corrected chi connectivity index (χ0v) is 11.3. The number of hydrogen-bond acceptors (Lipinski definition) is 5. The number of nitrogens with one attached hydrogen (secondary N) is 1. The first-order chi connectivity index (χ1) is 9.26. The summed E-state index contributed by atoms with van der Waals surface area (Å²) >= 11 is 5.93. The molecule has 0 amide bonds. The molecular weight excluding hydrogens is 266 g/mol. The molecule has 2 heterocycles. The van der Waals surface area contributed by atoms with Crippen LogP contribution in [0.1, 0.15) is 5.89 Å². The second-order valence-corrected chi connectivity index (χ2v) is 5.02. The standard InChI is InChI=1S/C13H14ClN3O2/c1-18-11-5-9(14)2-3-10(11)13-16-12(19-17-13)4-8-6-15-7-8/h2-3,5,8,15H,4,6-7H2,1H3. The molecule has 2 aromatic rings. The van der Waals surface area contributed by atoms with Crippen molar-refractivity contribution >= 4 is 11.6 Å². The summed E-state index contributed by atoms with van der Waals surface area (Å²) < 4.78 is 10.6. The van der Waals surface area contributed by atoms with Gasteiger partial charge in [-0.05, 0) is 37.2 Å². The van der Waals surface area contributed by atoms with Crippen LogP contribution in [0.5, 0.6) is 5.75 Å². The van der Waals surface area contributed by atoms with Crippen LogP contribution in [0.25, 0.3) is 11.4 Å². The molecule has 0 radical (unpaired) electrons. The maximum absolute atomic E-state index is 5.93. The summed E-state index contributed by atoms with van der Waals surface area (Å²) in [6.07, 6.45) is 0.815. The number of aromatic nitrogens is 2. The van der Waals surface area contributed by atoms with Gasteiger partial charge >= 0.3 is 0 Å². The second-order valence-electron chi connectivity index (χ2n) is 4.58. The SMILES string of the molecule is COc1cc(Cl)ccc1-c1noc(CC2CNC2)n1. The van der Waals surface area contributed by atoms with Crippen LogP contribution < -0.4 is 10.1 Å². The monoisotopic (exact) mass is 279 g/mol. The third-order valence-corrected chi connectivity index (χ3v) is 3.44. The van der Waals surface area contributed by atoms with E-state index >= 15 is 0 Å². The Kier molecular flexibility index (Phi) is 3.40. The van der Waals surface area contributed by atoms with Crippen molar-refractivity contribution in [1.29, 1.82) is 0 Å². The van der Waals surface area contributed by atoms with Crippen LogP contribution in [0.15, 0.2) is 22.7 Å². The topological polar surface area (TPSA) is 60.2 Å². The highest BCUT2D eigenvalue weighted by Gasteiger charge is 2.21. The first-order valence-corrected chi connectivity index (χ1v) is 6.51. The van der Waals surface area contributed by atoms with Crippen LogP contribution in [-0.2, 0) is 6.42 Å². The van der Waals surface area contributed by atoms with Gasteiger partial charge in [0.15, 0.2) is 0 Å². The molecule has 1 aromatic heterocycles. The normalized spacial score (nSPS) is 15.3. The van der Waals surface area contributed by atoms with Crippen molar-refractivity contribution in [3.8, 4) is 17.1 Å². The van der Waals surface area contributed by atoms with E-state index in [-0.39, 0.29) is 0 Å². The summed E-state index contributed by atoms with van der Waals surface area (Å²) in [6, 6.07) is 5.36. The maximum atomic E-state index is 5.93. The Labute approximate surface area is 115 Å². The first-order valence-electron chi connectivity index (χ1n) is 6.13. The van der Waals surface area contributed by atoms with Crippen LogP contribution >= 0.6 is 11.6 Å². The molecule has 1 aliphatic heterocycles. The maximum Gasteiger partial charge on any atom is 0.227 e. The fraction of sp³-hybridized carbons (Fsp3) is 0.385. The minimum Gasteiger partial charge on any atom is -0.496 e. The van der Waals surface area contributed by atoms with Crippen molar-refractivity contribution in [1.82, 2.24) is 15.5 Å². The van der Waals surface area contributed by atoms with Crippen molar-refractivity contribution in [2.75, 3.05) is 20.2 Å². The minimum absolute atomic E-state index is 0.538. The highest BCUT2D eigenvalue weighted by Crippen LogP contribution is 2.30. The van der Waals surface area contributed by atoms with Crippen molar-refractivity contribution < 1.29 is 9.26 Å². The molecule has 1 fully saturated rings. The molecule has 0 spiro atoms. The lowest BCUT2D eigenvalue weighted by atomic mass is 10.00. The molecule has 0 saturated carbocycles. The summed E-state index contributed by atoms with van der Waals surface area (Å²) in [4.78, 5) is 4.41. The van der Waals surface area contributed by atoms with Crippen LogP contribution in [0, 0.1) is 5.92 Å². The van der Waals surface area contributed by atoms with Crippen LogP contribution in [0.3, 0.4) is 0 Å². The lowest BCUT2D eigenvalue weighted by molar-refractivity contribution is 0.296. The number of rotatable bonds is 4. The molecule has 1 aromatic carbocycles. The Morgan fingerprint density at radius 3 is 3.00 bits per heavy atom. The molecular formula is C13H14ClN3O2. The Bertz CT molecular complexity index is 581. The molecule has 1 N–H and O–H groups in total. The zero-order valence-electron chi connectivity index (χ0n) is 10.5. The largest absolute Gasteiger partial charge is 0.496 e. The Hall–Kier alpha value is -1.59. The van der Waals surface area contributed by atoms with Crippen LogP contribution in [0.4, 0.5) is 0 Å². The predicted molar refractivity (Wildman–Crippen MR) is 71.4 cm³/mol. The molecule has 3 rings (SSSR count). The van der Waals surface area contributed by atoms with E-state index in [2.05, 4.69) is 15.5 Å². The molecule has 100 valence electrons. The van der Waals surface area contributed by atoms with Gasteiger partial charge in [-0.3, -0.25) is 0 Å². The van der Waals surface area contributed by atoms with E-state index in [0.717, 1.165) is 25.1 Å². The lowest BCUT2D eigenvalue weighted by Gasteiger charge is -2.25. The zero-order chi connectivity index (χ0) is 13.2.